The summed E-state index contributed by atoms with van der Waals surface area (Å²) in [4.78, 5) is 18.8. The predicted octanol–water partition coefficient (Wildman–Crippen LogP) is 1.72. The molecule has 1 N–H and O–H groups in total. The Morgan fingerprint density at radius 2 is 2.04 bits per heavy atom. The first-order chi connectivity index (χ1) is 12.3. The summed E-state index contributed by atoms with van der Waals surface area (Å²) < 4.78 is 12.9. The highest BCUT2D eigenvalue weighted by Crippen LogP contribution is 2.41. The van der Waals surface area contributed by atoms with Gasteiger partial charge in [0.15, 0.2) is 5.65 Å². The van der Waals surface area contributed by atoms with Gasteiger partial charge in [-0.15, -0.1) is 0 Å². The molecule has 140 valence electrons. The Labute approximate surface area is 151 Å². The van der Waals surface area contributed by atoms with Gasteiger partial charge in [0.25, 0.3) is 0 Å². The predicted molar refractivity (Wildman–Crippen MR) is 92.6 cm³/mol. The van der Waals surface area contributed by atoms with Crippen LogP contribution in [-0.4, -0.2) is 61.6 Å². The van der Waals surface area contributed by atoms with Crippen LogP contribution in [0.1, 0.15) is 39.2 Å². The molecule has 2 aromatic rings. The van der Waals surface area contributed by atoms with Crippen molar-refractivity contribution in [1.29, 1.82) is 0 Å². The van der Waals surface area contributed by atoms with Gasteiger partial charge in [0.1, 0.15) is 5.60 Å². The van der Waals surface area contributed by atoms with E-state index in [2.05, 4.69) is 10.1 Å². The van der Waals surface area contributed by atoms with Gasteiger partial charge in [-0.3, -0.25) is 4.90 Å². The number of hydrogen-bond acceptors (Lipinski definition) is 6. The molecule has 1 amide bonds. The fourth-order valence-corrected chi connectivity index (χ4v) is 3.87. The maximum atomic E-state index is 12.7. The van der Waals surface area contributed by atoms with Crippen molar-refractivity contribution < 1.29 is 19.4 Å². The van der Waals surface area contributed by atoms with Gasteiger partial charge in [-0.1, -0.05) is 0 Å². The van der Waals surface area contributed by atoms with Gasteiger partial charge in [-0.05, 0) is 20.8 Å². The van der Waals surface area contributed by atoms with Gasteiger partial charge in [0.05, 0.1) is 37.1 Å². The van der Waals surface area contributed by atoms with Crippen LogP contribution in [0.5, 0.6) is 0 Å². The summed E-state index contributed by atoms with van der Waals surface area (Å²) in [6, 6.07) is 1.33. The minimum Gasteiger partial charge on any atom is -0.444 e. The van der Waals surface area contributed by atoms with E-state index in [0.29, 0.717) is 31.6 Å². The molecule has 0 spiro atoms. The first-order valence-electron chi connectivity index (χ1n) is 8.86. The van der Waals surface area contributed by atoms with E-state index in [1.165, 1.54) is 0 Å². The van der Waals surface area contributed by atoms with Crippen LogP contribution in [0.3, 0.4) is 0 Å². The molecular weight excluding hydrogens is 336 g/mol. The van der Waals surface area contributed by atoms with Crippen molar-refractivity contribution in [3.05, 3.63) is 30.2 Å². The van der Waals surface area contributed by atoms with Gasteiger partial charge >= 0.3 is 6.09 Å². The van der Waals surface area contributed by atoms with Crippen molar-refractivity contribution in [3.8, 4) is 0 Å². The third-order valence-electron chi connectivity index (χ3n) is 4.94. The average molecular weight is 360 g/mol. The van der Waals surface area contributed by atoms with Gasteiger partial charge in [-0.25, -0.2) is 14.3 Å². The molecule has 0 aromatic carbocycles. The molecule has 26 heavy (non-hydrogen) atoms. The van der Waals surface area contributed by atoms with Gasteiger partial charge in [0.2, 0.25) is 0 Å². The quantitative estimate of drug-likeness (QED) is 0.833. The molecule has 2 saturated heterocycles. The molecule has 2 aliphatic heterocycles. The Morgan fingerprint density at radius 3 is 2.69 bits per heavy atom. The van der Waals surface area contributed by atoms with E-state index in [4.69, 9.17) is 9.47 Å². The Bertz CT molecular complexity index is 814. The summed E-state index contributed by atoms with van der Waals surface area (Å²) in [7, 11) is 0. The van der Waals surface area contributed by atoms with Crippen LogP contribution in [0.25, 0.3) is 5.65 Å². The average Bonchev–Trinajstić information content (AvgIpc) is 2.99. The molecule has 2 aromatic heterocycles. The lowest BCUT2D eigenvalue weighted by Crippen LogP contribution is -2.63. The minimum absolute atomic E-state index is 0.240. The van der Waals surface area contributed by atoms with E-state index in [9.17, 15) is 9.90 Å². The molecule has 0 radical (unpaired) electrons. The number of rotatable bonds is 1. The highest BCUT2D eigenvalue weighted by molar-refractivity contribution is 5.69. The van der Waals surface area contributed by atoms with Crippen LogP contribution >= 0.6 is 0 Å². The number of hydrogen-bond donors (Lipinski definition) is 1. The normalized spacial score (nSPS) is 29.0. The monoisotopic (exact) mass is 360 g/mol. The number of aliphatic hydroxyl groups is 1. The largest absolute Gasteiger partial charge is 0.444 e. The van der Waals surface area contributed by atoms with E-state index in [1.807, 2.05) is 33.0 Å². The summed E-state index contributed by atoms with van der Waals surface area (Å²) in [5.41, 5.74) is -0.207. The first kappa shape index (κ1) is 17.2. The van der Waals surface area contributed by atoms with Crippen molar-refractivity contribution in [2.45, 2.75) is 56.9 Å². The number of carbonyl (C=O) groups is 1. The van der Waals surface area contributed by atoms with Crippen molar-refractivity contribution in [3.63, 3.8) is 0 Å². The lowest BCUT2D eigenvalue weighted by molar-refractivity contribution is -0.141. The second kappa shape index (κ2) is 5.92. The summed E-state index contributed by atoms with van der Waals surface area (Å²) in [5.74, 6) is 0. The van der Waals surface area contributed by atoms with E-state index in [0.717, 1.165) is 5.65 Å². The minimum atomic E-state index is -1.08. The van der Waals surface area contributed by atoms with Gasteiger partial charge < -0.3 is 14.6 Å². The number of amides is 1. The number of aromatic nitrogens is 3. The number of carbonyl (C=O) groups excluding carboxylic acids is 1. The summed E-state index contributed by atoms with van der Waals surface area (Å²) in [6.45, 7) is 6.32. The van der Waals surface area contributed by atoms with Crippen LogP contribution in [0.2, 0.25) is 0 Å². The number of fused-ring (bicyclic) bond motifs is 3. The molecule has 4 heterocycles. The van der Waals surface area contributed by atoms with Gasteiger partial charge in [-0.2, -0.15) is 5.10 Å². The Morgan fingerprint density at radius 1 is 1.35 bits per heavy atom. The maximum Gasteiger partial charge on any atom is 0.410 e. The third kappa shape index (κ3) is 3.03. The van der Waals surface area contributed by atoms with E-state index < -0.39 is 11.2 Å². The molecule has 2 bridgehead atoms. The molecule has 2 fully saturated rings. The second-order valence-corrected chi connectivity index (χ2v) is 8.15. The molecule has 8 heteroatoms. The molecule has 0 aliphatic carbocycles. The second-order valence-electron chi connectivity index (χ2n) is 8.15. The number of ether oxygens (including phenoxy) is 2. The summed E-state index contributed by atoms with van der Waals surface area (Å²) in [5, 5.41) is 15.6. The number of nitrogens with zero attached hydrogens (tertiary/aromatic N) is 4. The van der Waals surface area contributed by atoms with Crippen LogP contribution in [-0.2, 0) is 15.1 Å². The van der Waals surface area contributed by atoms with Crippen LogP contribution in [0.4, 0.5) is 4.79 Å². The van der Waals surface area contributed by atoms with Crippen molar-refractivity contribution >= 4 is 11.7 Å². The SMILES string of the molecule is CC(C)(C)OC(=O)N1C2COCC1CC(O)(c1cnc3ccnn3c1)C2. The molecule has 8 nitrogen and oxygen atoms in total. The molecule has 4 rings (SSSR count). The maximum absolute atomic E-state index is 12.7. The Hall–Kier alpha value is -2.19. The molecule has 2 unspecified atom stereocenters. The zero-order valence-corrected chi connectivity index (χ0v) is 15.3. The van der Waals surface area contributed by atoms with Crippen molar-refractivity contribution in [1.82, 2.24) is 19.5 Å². The van der Waals surface area contributed by atoms with E-state index in [-0.39, 0.29) is 18.2 Å². The number of morpholine rings is 1. The highest BCUT2D eigenvalue weighted by atomic mass is 16.6. The number of piperidine rings is 1. The summed E-state index contributed by atoms with van der Waals surface area (Å²) in [6.07, 6.45) is 5.57. The fourth-order valence-electron chi connectivity index (χ4n) is 3.87. The molecule has 0 saturated carbocycles. The van der Waals surface area contributed by atoms with Crippen LogP contribution in [0, 0.1) is 0 Å². The first-order valence-corrected chi connectivity index (χ1v) is 8.86. The van der Waals surface area contributed by atoms with E-state index in [1.54, 1.807) is 21.8 Å². The highest BCUT2D eigenvalue weighted by Gasteiger charge is 2.50. The fraction of sp³-hybridized carbons (Fsp3) is 0.611. The Kier molecular flexibility index (Phi) is 3.92. The lowest BCUT2D eigenvalue weighted by atomic mass is 9.78. The zero-order valence-electron chi connectivity index (χ0n) is 15.3. The molecule has 2 atom stereocenters. The van der Waals surface area contributed by atoms with Crippen LogP contribution < -0.4 is 0 Å². The van der Waals surface area contributed by atoms with E-state index >= 15 is 0 Å². The zero-order chi connectivity index (χ0) is 18.5. The third-order valence-corrected chi connectivity index (χ3v) is 4.94. The van der Waals surface area contributed by atoms with Crippen LogP contribution in [0.15, 0.2) is 24.7 Å². The van der Waals surface area contributed by atoms with Gasteiger partial charge in [0, 0.05) is 36.9 Å². The lowest BCUT2D eigenvalue weighted by Gasteiger charge is -2.51. The van der Waals surface area contributed by atoms with Crippen molar-refractivity contribution in [2.24, 2.45) is 0 Å². The standard InChI is InChI=1S/C18H24N4O4/c1-17(2,3)26-16(23)22-13-6-18(24,7-14(22)11-25-10-13)12-8-19-15-4-5-20-21(15)9-12/h4-5,8-9,13-14,24H,6-7,10-11H2,1-3H3. The smallest absolute Gasteiger partial charge is 0.410 e. The Balaban J connectivity index is 1.61. The molecule has 2 aliphatic rings. The summed E-state index contributed by atoms with van der Waals surface area (Å²) >= 11 is 0. The topological polar surface area (TPSA) is 89.2 Å². The van der Waals surface area contributed by atoms with Crippen molar-refractivity contribution in [2.75, 3.05) is 13.2 Å². The molecular formula is C18H24N4O4.